The summed E-state index contributed by atoms with van der Waals surface area (Å²) in [6.07, 6.45) is 4.87. The van der Waals surface area contributed by atoms with E-state index >= 15 is 0 Å². The van der Waals surface area contributed by atoms with Gasteiger partial charge in [-0.2, -0.15) is 0 Å². The maximum atomic E-state index is 14.9. The second kappa shape index (κ2) is 5.75. The lowest BCUT2D eigenvalue weighted by atomic mass is 9.78. The molecule has 0 heterocycles. The van der Waals surface area contributed by atoms with Crippen molar-refractivity contribution in [2.45, 2.75) is 45.4 Å². The van der Waals surface area contributed by atoms with Crippen molar-refractivity contribution < 1.29 is 17.6 Å². The van der Waals surface area contributed by atoms with E-state index in [9.17, 15) is 17.6 Å². The van der Waals surface area contributed by atoms with E-state index in [0.717, 1.165) is 31.7 Å². The van der Waals surface area contributed by atoms with Crippen molar-refractivity contribution in [1.29, 1.82) is 0 Å². The molecule has 0 radical (unpaired) electrons. The van der Waals surface area contributed by atoms with Crippen LogP contribution in [0.2, 0.25) is 0 Å². The highest BCUT2D eigenvalue weighted by Crippen LogP contribution is 2.52. The zero-order valence-electron chi connectivity index (χ0n) is 13.6. The molecule has 3 aliphatic carbocycles. The predicted molar refractivity (Wildman–Crippen MR) is 85.5 cm³/mol. The first-order valence-corrected chi connectivity index (χ1v) is 8.73. The van der Waals surface area contributed by atoms with Gasteiger partial charge in [0.2, 0.25) is 0 Å². The topological polar surface area (TPSA) is 0 Å². The number of benzene rings is 1. The van der Waals surface area contributed by atoms with Gasteiger partial charge in [0.15, 0.2) is 11.6 Å². The quantitative estimate of drug-likeness (QED) is 0.530. The summed E-state index contributed by atoms with van der Waals surface area (Å²) in [6.45, 7) is 2.20. The Hall–Kier alpha value is -1.58. The van der Waals surface area contributed by atoms with Crippen LogP contribution in [0.25, 0.3) is 5.83 Å². The largest absolute Gasteiger partial charge is 0.207 e. The highest BCUT2D eigenvalue weighted by molar-refractivity contribution is 5.73. The summed E-state index contributed by atoms with van der Waals surface area (Å²) in [6, 6.07) is 2.44. The Morgan fingerprint density at radius 2 is 1.54 bits per heavy atom. The van der Waals surface area contributed by atoms with Gasteiger partial charge in [0.05, 0.1) is 5.56 Å². The average Bonchev–Trinajstić information content (AvgIpc) is 2.89. The highest BCUT2D eigenvalue weighted by Gasteiger charge is 2.41. The Morgan fingerprint density at radius 3 is 2.25 bits per heavy atom. The first kappa shape index (κ1) is 15.9. The van der Waals surface area contributed by atoms with Crippen molar-refractivity contribution in [2.24, 2.45) is 17.8 Å². The molecule has 4 heteroatoms. The van der Waals surface area contributed by atoms with Crippen LogP contribution in [-0.4, -0.2) is 0 Å². The number of hydrogen-bond donors (Lipinski definition) is 0. The van der Waals surface area contributed by atoms with Crippen molar-refractivity contribution in [3.05, 3.63) is 51.9 Å². The third-order valence-corrected chi connectivity index (χ3v) is 6.01. The minimum atomic E-state index is -1.20. The predicted octanol–water partition coefficient (Wildman–Crippen LogP) is 6.27. The third-order valence-electron chi connectivity index (χ3n) is 6.01. The van der Waals surface area contributed by atoms with Crippen LogP contribution < -0.4 is 0 Å². The molecule has 1 atom stereocenters. The number of halogens is 4. The Bertz CT molecular complexity index is 751. The molecular weight excluding hydrogens is 316 g/mol. The zero-order chi connectivity index (χ0) is 17.0. The monoisotopic (exact) mass is 336 g/mol. The number of allylic oxidation sites excluding steroid dienone is 3. The van der Waals surface area contributed by atoms with Crippen molar-refractivity contribution in [3.8, 4) is 0 Å². The lowest BCUT2D eigenvalue weighted by Gasteiger charge is -2.27. The normalized spacial score (nSPS) is 29.8. The van der Waals surface area contributed by atoms with Gasteiger partial charge in [0, 0.05) is 5.57 Å². The second-order valence-electron chi connectivity index (χ2n) is 7.52. The van der Waals surface area contributed by atoms with Gasteiger partial charge in [-0.3, -0.25) is 0 Å². The van der Waals surface area contributed by atoms with Crippen LogP contribution in [0.15, 0.2) is 29.1 Å². The fraction of sp³-hybridized carbons (Fsp3) is 0.500. The van der Waals surface area contributed by atoms with Crippen LogP contribution in [-0.2, 0) is 6.42 Å². The molecule has 0 aromatic heterocycles. The van der Waals surface area contributed by atoms with Crippen molar-refractivity contribution in [2.75, 3.05) is 0 Å². The van der Waals surface area contributed by atoms with Crippen LogP contribution in [0.3, 0.4) is 0 Å². The fourth-order valence-corrected chi connectivity index (χ4v) is 4.61. The van der Waals surface area contributed by atoms with Gasteiger partial charge in [-0.25, -0.2) is 17.6 Å². The summed E-state index contributed by atoms with van der Waals surface area (Å²) in [5, 5.41) is 0. The zero-order valence-corrected chi connectivity index (χ0v) is 13.6. The smallest absolute Gasteiger partial charge is 0.169 e. The molecule has 1 aromatic rings. The van der Waals surface area contributed by atoms with E-state index in [-0.39, 0.29) is 23.0 Å². The minimum Gasteiger partial charge on any atom is -0.207 e. The molecule has 1 unspecified atom stereocenters. The first-order chi connectivity index (χ1) is 11.5. The van der Waals surface area contributed by atoms with E-state index < -0.39 is 23.3 Å². The maximum Gasteiger partial charge on any atom is 0.169 e. The van der Waals surface area contributed by atoms with Crippen LogP contribution >= 0.6 is 0 Å². The van der Waals surface area contributed by atoms with E-state index in [1.54, 1.807) is 0 Å². The molecule has 0 spiro atoms. The highest BCUT2D eigenvalue weighted by atomic mass is 19.2. The minimum absolute atomic E-state index is 0.0272. The number of rotatable bonds is 1. The fourth-order valence-electron chi connectivity index (χ4n) is 4.61. The molecule has 1 aromatic carbocycles. The summed E-state index contributed by atoms with van der Waals surface area (Å²) >= 11 is 0. The lowest BCUT2D eigenvalue weighted by molar-refractivity contribution is 0.312. The van der Waals surface area contributed by atoms with E-state index in [2.05, 4.69) is 6.92 Å². The third kappa shape index (κ3) is 2.34. The lowest BCUT2D eigenvalue weighted by Crippen LogP contribution is -2.16. The van der Waals surface area contributed by atoms with Crippen molar-refractivity contribution in [1.82, 2.24) is 0 Å². The van der Waals surface area contributed by atoms with E-state index in [4.69, 9.17) is 0 Å². The van der Waals surface area contributed by atoms with E-state index in [1.807, 2.05) is 0 Å². The summed E-state index contributed by atoms with van der Waals surface area (Å²) in [4.78, 5) is 0. The molecule has 0 nitrogen and oxygen atoms in total. The molecule has 128 valence electrons. The van der Waals surface area contributed by atoms with Gasteiger partial charge in [0.25, 0.3) is 0 Å². The Morgan fingerprint density at radius 1 is 0.833 bits per heavy atom. The molecule has 0 amide bonds. The molecule has 4 rings (SSSR count). The van der Waals surface area contributed by atoms with E-state index in [0.29, 0.717) is 29.9 Å². The van der Waals surface area contributed by atoms with Crippen LogP contribution in [0.1, 0.15) is 50.2 Å². The summed E-state index contributed by atoms with van der Waals surface area (Å²) < 4.78 is 57.3. The summed E-state index contributed by atoms with van der Waals surface area (Å²) in [5.41, 5.74) is 0.729. The van der Waals surface area contributed by atoms with Gasteiger partial charge in [-0.15, -0.1) is 0 Å². The average molecular weight is 336 g/mol. The molecule has 0 N–H and O–H groups in total. The molecule has 3 aliphatic rings. The molecule has 0 bridgehead atoms. The molecule has 0 aliphatic heterocycles. The summed E-state index contributed by atoms with van der Waals surface area (Å²) in [5.74, 6) is -3.16. The standard InChI is InChI=1S/C20H20F4/c1-10-2-4-11(5-3-10)14-9-13-8-12-6-7-15(21)19(23)16(12)20(24)17(13)18(14)22/h6-7,10-11,13H,2-5,8-9H2,1H3. The number of fused-ring (bicyclic) bond motifs is 2. The molecule has 1 saturated carbocycles. The Balaban J connectivity index is 1.75. The van der Waals surface area contributed by atoms with Gasteiger partial charge in [0.1, 0.15) is 11.7 Å². The Labute approximate surface area is 139 Å². The second-order valence-corrected chi connectivity index (χ2v) is 7.52. The Kier molecular flexibility index (Phi) is 3.81. The van der Waals surface area contributed by atoms with Crippen LogP contribution in [0.4, 0.5) is 17.6 Å². The van der Waals surface area contributed by atoms with Gasteiger partial charge in [-0.05, 0) is 60.6 Å². The molecular formula is C20H20F4. The van der Waals surface area contributed by atoms with E-state index in [1.165, 1.54) is 6.07 Å². The van der Waals surface area contributed by atoms with Crippen molar-refractivity contribution >= 4 is 5.83 Å². The van der Waals surface area contributed by atoms with Gasteiger partial charge < -0.3 is 0 Å². The SMILES string of the molecule is CC1CCC(C2=C(F)C3=C(F)c4c(ccc(F)c4F)CC3C2)CC1. The summed E-state index contributed by atoms with van der Waals surface area (Å²) in [7, 11) is 0. The first-order valence-electron chi connectivity index (χ1n) is 8.73. The molecule has 0 saturated heterocycles. The molecule has 1 fully saturated rings. The molecule has 24 heavy (non-hydrogen) atoms. The number of hydrogen-bond acceptors (Lipinski definition) is 0. The van der Waals surface area contributed by atoms with Gasteiger partial charge >= 0.3 is 0 Å². The van der Waals surface area contributed by atoms with Crippen molar-refractivity contribution in [3.63, 3.8) is 0 Å². The van der Waals surface area contributed by atoms with Crippen LogP contribution in [0.5, 0.6) is 0 Å². The maximum absolute atomic E-state index is 14.9. The van der Waals surface area contributed by atoms with Crippen LogP contribution in [0, 0.1) is 29.4 Å². The van der Waals surface area contributed by atoms with Gasteiger partial charge in [-0.1, -0.05) is 25.8 Å².